The van der Waals surface area contributed by atoms with Gasteiger partial charge in [-0.15, -0.1) is 0 Å². The normalized spacial score (nSPS) is 12.6. The van der Waals surface area contributed by atoms with E-state index in [1.165, 1.54) is 59.9 Å². The average molecular weight is 497 g/mol. The largest absolute Gasteiger partial charge is 0.456 e. The van der Waals surface area contributed by atoms with Gasteiger partial charge in [-0.25, -0.2) is 0 Å². The summed E-state index contributed by atoms with van der Waals surface area (Å²) in [5, 5.41) is 10.0. The highest BCUT2D eigenvalue weighted by atomic mass is 16.3. The predicted octanol–water partition coefficient (Wildman–Crippen LogP) is 9.83. The lowest BCUT2D eigenvalue weighted by Crippen LogP contribution is -1.95. The fraction of sp³-hybridized carbons (Fsp3) is 0. The van der Waals surface area contributed by atoms with Crippen LogP contribution in [0.3, 0.4) is 0 Å². The van der Waals surface area contributed by atoms with Crippen LogP contribution in [-0.4, -0.2) is 8.97 Å². The lowest BCUT2D eigenvalue weighted by atomic mass is 10.0. The second kappa shape index (κ2) is 6.77. The molecule has 10 rings (SSSR count). The van der Waals surface area contributed by atoms with Crippen molar-refractivity contribution in [3.8, 4) is 5.69 Å². The Morgan fingerprint density at radius 1 is 0.385 bits per heavy atom. The van der Waals surface area contributed by atoms with Crippen LogP contribution in [0.4, 0.5) is 0 Å². The van der Waals surface area contributed by atoms with Crippen LogP contribution >= 0.6 is 0 Å². The highest BCUT2D eigenvalue weighted by molar-refractivity contribution is 6.31. The number of hydrogen-bond acceptors (Lipinski definition) is 1. The number of para-hydroxylation sites is 3. The van der Waals surface area contributed by atoms with Gasteiger partial charge in [0.15, 0.2) is 0 Å². The molecule has 3 heteroatoms. The molecule has 0 bridgehead atoms. The number of aromatic nitrogens is 2. The quantitative estimate of drug-likeness (QED) is 0.222. The van der Waals surface area contributed by atoms with Gasteiger partial charge in [0.2, 0.25) is 0 Å². The molecule has 0 radical (unpaired) electrons. The number of furan rings is 1. The minimum absolute atomic E-state index is 0.909. The lowest BCUT2D eigenvalue weighted by molar-refractivity contribution is 0.669. The molecule has 0 aliphatic carbocycles. The first-order valence-electron chi connectivity index (χ1n) is 13.4. The molecule has 3 nitrogen and oxygen atoms in total. The standard InChI is InChI=1S/C36H20N2O/c1-3-14-26-21(9-1)23-12-5-13-24-22-11-6-15-28-34(22)35-29(16-7-17-30(35)38(26)36(23)24)37(28)27-18-8-20-32-33(27)25-10-2-4-19-31(25)39-32/h1-20H. The van der Waals surface area contributed by atoms with E-state index >= 15 is 0 Å². The summed E-state index contributed by atoms with van der Waals surface area (Å²) in [4.78, 5) is 0. The van der Waals surface area contributed by atoms with Gasteiger partial charge in [-0.2, -0.15) is 0 Å². The third kappa shape index (κ3) is 2.27. The van der Waals surface area contributed by atoms with Crippen LogP contribution in [-0.2, 0) is 0 Å². The van der Waals surface area contributed by atoms with Gasteiger partial charge in [0.05, 0.1) is 38.7 Å². The summed E-state index contributed by atoms with van der Waals surface area (Å²) in [5.41, 5.74) is 9.12. The third-order valence-corrected chi connectivity index (χ3v) is 8.64. The topological polar surface area (TPSA) is 22.5 Å². The molecule has 0 N–H and O–H groups in total. The van der Waals surface area contributed by atoms with Crippen molar-refractivity contribution in [2.45, 2.75) is 0 Å². The molecule has 6 aromatic carbocycles. The molecule has 4 heterocycles. The minimum atomic E-state index is 0.909. The molecule has 0 amide bonds. The van der Waals surface area contributed by atoms with E-state index in [9.17, 15) is 0 Å². The van der Waals surface area contributed by atoms with E-state index in [1.807, 2.05) is 6.07 Å². The van der Waals surface area contributed by atoms with Crippen molar-refractivity contribution in [3.05, 3.63) is 121 Å². The first kappa shape index (κ1) is 19.8. The van der Waals surface area contributed by atoms with Gasteiger partial charge in [-0.3, -0.25) is 0 Å². The summed E-state index contributed by atoms with van der Waals surface area (Å²) in [5.74, 6) is 0. The van der Waals surface area contributed by atoms with Crippen molar-refractivity contribution in [3.63, 3.8) is 0 Å². The summed E-state index contributed by atoms with van der Waals surface area (Å²) >= 11 is 0. The highest BCUT2D eigenvalue weighted by Gasteiger charge is 2.23. The monoisotopic (exact) mass is 496 g/mol. The molecule has 10 aromatic rings. The SMILES string of the molecule is c1ccc2c(c1)oc1cccc(-n3c4cccc5c6cccc7c8ccccc8n(c8cccc3c8c54)c67)c12. The highest BCUT2D eigenvalue weighted by Crippen LogP contribution is 2.45. The summed E-state index contributed by atoms with van der Waals surface area (Å²) in [6.45, 7) is 0. The summed E-state index contributed by atoms with van der Waals surface area (Å²) < 4.78 is 11.2. The van der Waals surface area contributed by atoms with Gasteiger partial charge >= 0.3 is 0 Å². The second-order valence-electron chi connectivity index (χ2n) is 10.5. The first-order valence-corrected chi connectivity index (χ1v) is 13.4. The molecule has 0 unspecified atom stereocenters. The molecule has 0 atom stereocenters. The van der Waals surface area contributed by atoms with Crippen LogP contribution in [0.2, 0.25) is 0 Å². The molecule has 0 aliphatic rings. The maximum absolute atomic E-state index is 6.30. The molecule has 4 aromatic heterocycles. The fourth-order valence-electron chi connectivity index (χ4n) is 7.19. The number of benzene rings is 6. The van der Waals surface area contributed by atoms with E-state index in [0.29, 0.717) is 0 Å². The van der Waals surface area contributed by atoms with E-state index in [0.717, 1.165) is 27.6 Å². The Morgan fingerprint density at radius 2 is 0.974 bits per heavy atom. The second-order valence-corrected chi connectivity index (χ2v) is 10.5. The molecule has 0 saturated heterocycles. The van der Waals surface area contributed by atoms with Crippen molar-refractivity contribution in [2.24, 2.45) is 0 Å². The van der Waals surface area contributed by atoms with Crippen LogP contribution in [0, 0.1) is 0 Å². The Labute approximate surface area is 222 Å². The van der Waals surface area contributed by atoms with Crippen molar-refractivity contribution in [1.29, 1.82) is 0 Å². The van der Waals surface area contributed by atoms with Crippen molar-refractivity contribution < 1.29 is 4.42 Å². The van der Waals surface area contributed by atoms with E-state index in [2.05, 4.69) is 124 Å². The van der Waals surface area contributed by atoms with E-state index in [4.69, 9.17) is 4.42 Å². The Hall–Kier alpha value is -5.28. The molecule has 0 saturated carbocycles. The van der Waals surface area contributed by atoms with E-state index in [1.54, 1.807) is 0 Å². The lowest BCUT2D eigenvalue weighted by Gasteiger charge is -2.10. The Morgan fingerprint density at radius 3 is 1.90 bits per heavy atom. The van der Waals surface area contributed by atoms with Gasteiger partial charge in [0, 0.05) is 32.3 Å². The predicted molar refractivity (Wildman–Crippen MR) is 163 cm³/mol. The number of hydrogen-bond donors (Lipinski definition) is 0. The molecule has 180 valence electrons. The fourth-order valence-corrected chi connectivity index (χ4v) is 7.19. The van der Waals surface area contributed by atoms with Gasteiger partial charge in [0.25, 0.3) is 0 Å². The Balaban J connectivity index is 1.53. The summed E-state index contributed by atoms with van der Waals surface area (Å²) in [6, 6.07) is 43.8. The van der Waals surface area contributed by atoms with Gasteiger partial charge in [-0.05, 0) is 47.9 Å². The molecular formula is C36H20N2O. The van der Waals surface area contributed by atoms with Gasteiger partial charge in [0.1, 0.15) is 11.2 Å². The Bertz CT molecular complexity index is 2610. The van der Waals surface area contributed by atoms with Crippen LogP contribution in [0.25, 0.3) is 87.5 Å². The van der Waals surface area contributed by atoms with Crippen molar-refractivity contribution >= 4 is 81.8 Å². The minimum Gasteiger partial charge on any atom is -0.456 e. The first-order chi connectivity index (χ1) is 19.4. The van der Waals surface area contributed by atoms with Gasteiger partial charge in [-0.1, -0.05) is 78.9 Å². The maximum Gasteiger partial charge on any atom is 0.137 e. The number of fused-ring (bicyclic) bond motifs is 8. The van der Waals surface area contributed by atoms with E-state index < -0.39 is 0 Å². The van der Waals surface area contributed by atoms with Crippen LogP contribution in [0.5, 0.6) is 0 Å². The van der Waals surface area contributed by atoms with Crippen molar-refractivity contribution in [2.75, 3.05) is 0 Å². The van der Waals surface area contributed by atoms with E-state index in [-0.39, 0.29) is 0 Å². The zero-order chi connectivity index (χ0) is 25.2. The van der Waals surface area contributed by atoms with Gasteiger partial charge < -0.3 is 13.4 Å². The smallest absolute Gasteiger partial charge is 0.137 e. The third-order valence-electron chi connectivity index (χ3n) is 8.64. The molecular weight excluding hydrogens is 476 g/mol. The number of nitrogens with zero attached hydrogens (tertiary/aromatic N) is 2. The number of rotatable bonds is 1. The molecule has 0 spiro atoms. The molecule has 0 fully saturated rings. The van der Waals surface area contributed by atoms with Crippen molar-refractivity contribution in [1.82, 2.24) is 8.97 Å². The molecule has 0 aliphatic heterocycles. The summed E-state index contributed by atoms with van der Waals surface area (Å²) in [7, 11) is 0. The van der Waals surface area contributed by atoms with Crippen LogP contribution in [0.1, 0.15) is 0 Å². The van der Waals surface area contributed by atoms with Crippen LogP contribution in [0.15, 0.2) is 126 Å². The maximum atomic E-state index is 6.30. The Kier molecular flexibility index (Phi) is 3.44. The summed E-state index contributed by atoms with van der Waals surface area (Å²) in [6.07, 6.45) is 0. The molecule has 39 heavy (non-hydrogen) atoms. The van der Waals surface area contributed by atoms with Crippen LogP contribution < -0.4 is 0 Å². The average Bonchev–Trinajstić information content (AvgIpc) is 3.62. The zero-order valence-corrected chi connectivity index (χ0v) is 20.8. The zero-order valence-electron chi connectivity index (χ0n) is 20.8.